The third-order valence-electron chi connectivity index (χ3n) is 2.52. The number of nitrogens with one attached hydrogen (secondary N) is 2. The molecule has 0 saturated carbocycles. The predicted molar refractivity (Wildman–Crippen MR) is 80.0 cm³/mol. The van der Waals surface area contributed by atoms with Crippen LogP contribution in [0, 0.1) is 6.92 Å². The highest BCUT2D eigenvalue weighted by atomic mass is 35.5. The third-order valence-corrected chi connectivity index (χ3v) is 2.85. The molecule has 2 N–H and O–H groups in total. The van der Waals surface area contributed by atoms with E-state index in [9.17, 15) is 4.79 Å². The zero-order valence-electron chi connectivity index (χ0n) is 10.7. The van der Waals surface area contributed by atoms with Crippen LogP contribution in [0.25, 0.3) is 0 Å². The average molecular weight is 290 g/mol. The number of hydrogen-bond donors (Lipinski definition) is 2. The van der Waals surface area contributed by atoms with Gasteiger partial charge in [-0.25, -0.2) is 4.79 Å². The van der Waals surface area contributed by atoms with Gasteiger partial charge in [-0.3, -0.25) is 0 Å². The number of halogens is 1. The standard InChI is InChI=1S/C15H14ClN2O2/c1-11-6-8-12(9-7-11)20-10-17-15(19)18-14-5-3-2-4-13(14)16/h2-9H,1,10H2,(H2,17,18,19). The quantitative estimate of drug-likeness (QED) is 0.844. The molecule has 2 rings (SSSR count). The molecule has 0 unspecified atom stereocenters. The van der Waals surface area contributed by atoms with Crippen LogP contribution >= 0.6 is 11.6 Å². The van der Waals surface area contributed by atoms with Gasteiger partial charge >= 0.3 is 6.03 Å². The topological polar surface area (TPSA) is 50.4 Å². The van der Waals surface area contributed by atoms with E-state index in [2.05, 4.69) is 17.6 Å². The first-order valence-electron chi connectivity index (χ1n) is 5.99. The second-order valence-corrected chi connectivity index (χ2v) is 4.45. The highest BCUT2D eigenvalue weighted by Crippen LogP contribution is 2.20. The second kappa shape index (κ2) is 6.82. The van der Waals surface area contributed by atoms with Gasteiger partial charge in [0.15, 0.2) is 6.73 Å². The lowest BCUT2D eigenvalue weighted by atomic mass is 10.2. The molecule has 0 bridgehead atoms. The van der Waals surface area contributed by atoms with Gasteiger partial charge in [0.1, 0.15) is 5.75 Å². The van der Waals surface area contributed by atoms with Crippen molar-refractivity contribution in [2.24, 2.45) is 0 Å². The first-order valence-corrected chi connectivity index (χ1v) is 6.37. The van der Waals surface area contributed by atoms with Gasteiger partial charge in [0.05, 0.1) is 10.7 Å². The first kappa shape index (κ1) is 14.2. The number of anilines is 1. The minimum absolute atomic E-state index is 0.0623. The molecule has 1 radical (unpaired) electrons. The Kier molecular flexibility index (Phi) is 4.85. The summed E-state index contributed by atoms with van der Waals surface area (Å²) in [6.45, 7) is 3.84. The molecule has 5 heteroatoms. The van der Waals surface area contributed by atoms with E-state index in [0.717, 1.165) is 5.56 Å². The molecule has 2 aromatic carbocycles. The summed E-state index contributed by atoms with van der Waals surface area (Å²) in [6, 6.07) is 13.9. The van der Waals surface area contributed by atoms with E-state index in [0.29, 0.717) is 16.5 Å². The van der Waals surface area contributed by atoms with Crippen LogP contribution in [0.3, 0.4) is 0 Å². The maximum Gasteiger partial charge on any atom is 0.321 e. The Balaban J connectivity index is 1.78. The Morgan fingerprint density at radius 2 is 1.85 bits per heavy atom. The SMILES string of the molecule is [CH2]c1ccc(OCNC(=O)Nc2ccccc2Cl)cc1. The van der Waals surface area contributed by atoms with Crippen molar-refractivity contribution in [2.45, 2.75) is 0 Å². The number of carbonyl (C=O) groups is 1. The van der Waals surface area contributed by atoms with Gasteiger partial charge in [0, 0.05) is 0 Å². The van der Waals surface area contributed by atoms with E-state index < -0.39 is 0 Å². The fourth-order valence-electron chi connectivity index (χ4n) is 1.50. The zero-order chi connectivity index (χ0) is 14.4. The van der Waals surface area contributed by atoms with Gasteiger partial charge in [-0.15, -0.1) is 0 Å². The van der Waals surface area contributed by atoms with E-state index in [1.165, 1.54) is 0 Å². The van der Waals surface area contributed by atoms with Gasteiger partial charge in [-0.05, 0) is 36.8 Å². The highest BCUT2D eigenvalue weighted by Gasteiger charge is 2.04. The fourth-order valence-corrected chi connectivity index (χ4v) is 1.68. The van der Waals surface area contributed by atoms with E-state index in [4.69, 9.17) is 16.3 Å². The molecule has 0 saturated heterocycles. The molecule has 4 nitrogen and oxygen atoms in total. The molecule has 0 spiro atoms. The molecule has 0 atom stereocenters. The molecule has 0 aliphatic rings. The van der Waals surface area contributed by atoms with Crippen LogP contribution in [0.5, 0.6) is 5.75 Å². The molecule has 103 valence electrons. The number of para-hydroxylation sites is 1. The smallest absolute Gasteiger partial charge is 0.321 e. The van der Waals surface area contributed by atoms with Gasteiger partial charge < -0.3 is 15.4 Å². The van der Waals surface area contributed by atoms with Crippen LogP contribution in [0.15, 0.2) is 48.5 Å². The lowest BCUT2D eigenvalue weighted by Gasteiger charge is -2.10. The molecule has 0 aliphatic carbocycles. The summed E-state index contributed by atoms with van der Waals surface area (Å²) in [6.07, 6.45) is 0. The van der Waals surface area contributed by atoms with Crippen LogP contribution in [0.1, 0.15) is 5.56 Å². The summed E-state index contributed by atoms with van der Waals surface area (Å²) in [5.41, 5.74) is 1.45. The largest absolute Gasteiger partial charge is 0.473 e. The Hall–Kier alpha value is -2.20. The van der Waals surface area contributed by atoms with Crippen molar-refractivity contribution in [3.63, 3.8) is 0 Å². The van der Waals surface area contributed by atoms with Gasteiger partial charge in [0.2, 0.25) is 0 Å². The lowest BCUT2D eigenvalue weighted by molar-refractivity contribution is 0.234. The van der Waals surface area contributed by atoms with Crippen molar-refractivity contribution in [3.05, 3.63) is 66.0 Å². The maximum absolute atomic E-state index is 11.6. The first-order chi connectivity index (χ1) is 9.65. The summed E-state index contributed by atoms with van der Waals surface area (Å²) in [4.78, 5) is 11.6. The predicted octanol–water partition coefficient (Wildman–Crippen LogP) is 3.68. The number of hydrogen-bond acceptors (Lipinski definition) is 2. The summed E-state index contributed by atoms with van der Waals surface area (Å²) in [5.74, 6) is 0.662. The Morgan fingerprint density at radius 3 is 2.55 bits per heavy atom. The third kappa shape index (κ3) is 4.17. The van der Waals surface area contributed by atoms with Crippen molar-refractivity contribution in [1.29, 1.82) is 0 Å². The molecular formula is C15H14ClN2O2. The number of ether oxygens (including phenoxy) is 1. The van der Waals surface area contributed by atoms with E-state index in [1.807, 2.05) is 12.1 Å². The molecule has 20 heavy (non-hydrogen) atoms. The van der Waals surface area contributed by atoms with Crippen LogP contribution in [-0.4, -0.2) is 12.8 Å². The zero-order valence-corrected chi connectivity index (χ0v) is 11.5. The summed E-state index contributed by atoms with van der Waals surface area (Å²) in [5, 5.41) is 5.69. The van der Waals surface area contributed by atoms with Crippen molar-refractivity contribution in [2.75, 3.05) is 12.0 Å². The van der Waals surface area contributed by atoms with Crippen molar-refractivity contribution < 1.29 is 9.53 Å². The molecule has 0 heterocycles. The molecule has 0 fully saturated rings. The van der Waals surface area contributed by atoms with Crippen LogP contribution in [-0.2, 0) is 0 Å². The number of urea groups is 1. The number of amides is 2. The Morgan fingerprint density at radius 1 is 1.15 bits per heavy atom. The van der Waals surface area contributed by atoms with E-state index in [1.54, 1.807) is 36.4 Å². The fraction of sp³-hybridized carbons (Fsp3) is 0.0667. The lowest BCUT2D eigenvalue weighted by Crippen LogP contribution is -2.32. The number of rotatable bonds is 4. The van der Waals surface area contributed by atoms with E-state index >= 15 is 0 Å². The molecule has 2 amide bonds. The van der Waals surface area contributed by atoms with Crippen LogP contribution in [0.4, 0.5) is 10.5 Å². The summed E-state index contributed by atoms with van der Waals surface area (Å²) < 4.78 is 5.37. The van der Waals surface area contributed by atoms with Gasteiger partial charge in [-0.1, -0.05) is 35.9 Å². The summed E-state index contributed by atoms with van der Waals surface area (Å²) in [7, 11) is 0. The second-order valence-electron chi connectivity index (χ2n) is 4.04. The molecule has 2 aromatic rings. The van der Waals surface area contributed by atoms with Gasteiger partial charge in [0.25, 0.3) is 0 Å². The number of benzene rings is 2. The average Bonchev–Trinajstić information content (AvgIpc) is 2.44. The highest BCUT2D eigenvalue weighted by molar-refractivity contribution is 6.33. The van der Waals surface area contributed by atoms with Crippen LogP contribution in [0.2, 0.25) is 5.02 Å². The Labute approximate surface area is 122 Å². The molecular weight excluding hydrogens is 276 g/mol. The minimum atomic E-state index is -0.383. The Bertz CT molecular complexity index is 585. The minimum Gasteiger partial charge on any atom is -0.473 e. The van der Waals surface area contributed by atoms with Crippen molar-refractivity contribution in [1.82, 2.24) is 5.32 Å². The molecule has 0 aliphatic heterocycles. The van der Waals surface area contributed by atoms with Crippen LogP contribution < -0.4 is 15.4 Å². The van der Waals surface area contributed by atoms with E-state index in [-0.39, 0.29) is 12.8 Å². The molecule has 0 aromatic heterocycles. The monoisotopic (exact) mass is 289 g/mol. The van der Waals surface area contributed by atoms with Crippen molar-refractivity contribution >= 4 is 23.3 Å². The van der Waals surface area contributed by atoms with Gasteiger partial charge in [-0.2, -0.15) is 0 Å². The normalized spacial score (nSPS) is 9.90. The summed E-state index contributed by atoms with van der Waals surface area (Å²) >= 11 is 5.93. The van der Waals surface area contributed by atoms with Crippen molar-refractivity contribution in [3.8, 4) is 5.75 Å². The number of carbonyl (C=O) groups excluding carboxylic acids is 1. The maximum atomic E-state index is 11.6.